The van der Waals surface area contributed by atoms with Crippen LogP contribution in [0.1, 0.15) is 6.92 Å². The zero-order valence-electron chi connectivity index (χ0n) is 10.5. The van der Waals surface area contributed by atoms with Crippen molar-refractivity contribution in [1.29, 1.82) is 0 Å². The Balaban J connectivity index is 2.80. The third-order valence-corrected chi connectivity index (χ3v) is 2.45. The Morgan fingerprint density at radius 1 is 1.11 bits per heavy atom. The van der Waals surface area contributed by atoms with E-state index in [0.29, 0.717) is 11.0 Å². The fourth-order valence-corrected chi connectivity index (χ4v) is 1.71. The number of benzene rings is 1. The minimum atomic E-state index is -0.797. The topological polar surface area (TPSA) is 62.5 Å². The second-order valence-corrected chi connectivity index (χ2v) is 3.69. The van der Waals surface area contributed by atoms with Crippen molar-refractivity contribution < 1.29 is 9.68 Å². The lowest BCUT2D eigenvalue weighted by Gasteiger charge is -2.14. The SMILES string of the molecule is C=CCOn1c(=O)c(=O)n(OCC)c2ccccc21. The average Bonchev–Trinajstić information content (AvgIpc) is 2.44. The molecule has 1 heterocycles. The lowest BCUT2D eigenvalue weighted by molar-refractivity contribution is 0.105. The molecule has 0 saturated carbocycles. The number of hydrogen-bond acceptors (Lipinski definition) is 4. The summed E-state index contributed by atoms with van der Waals surface area (Å²) in [7, 11) is 0. The number of hydrogen-bond donors (Lipinski definition) is 0. The summed E-state index contributed by atoms with van der Waals surface area (Å²) in [4.78, 5) is 34.4. The van der Waals surface area contributed by atoms with Crippen LogP contribution in [-0.2, 0) is 0 Å². The van der Waals surface area contributed by atoms with Gasteiger partial charge >= 0.3 is 11.1 Å². The van der Waals surface area contributed by atoms with Gasteiger partial charge in [0.25, 0.3) is 0 Å². The van der Waals surface area contributed by atoms with E-state index in [0.717, 1.165) is 9.46 Å². The molecule has 0 unspecified atom stereocenters. The summed E-state index contributed by atoms with van der Waals surface area (Å²) in [5, 5.41) is 0. The van der Waals surface area contributed by atoms with Gasteiger partial charge in [0.1, 0.15) is 24.2 Å². The fraction of sp³-hybridized carbons (Fsp3) is 0.231. The fourth-order valence-electron chi connectivity index (χ4n) is 1.71. The number of rotatable bonds is 5. The maximum Gasteiger partial charge on any atom is 0.352 e. The first kappa shape index (κ1) is 12.9. The van der Waals surface area contributed by atoms with E-state index in [4.69, 9.17) is 9.68 Å². The molecule has 0 bridgehead atoms. The van der Waals surface area contributed by atoms with Crippen LogP contribution in [0.15, 0.2) is 46.5 Å². The van der Waals surface area contributed by atoms with Gasteiger partial charge in [-0.05, 0) is 19.1 Å². The number of aromatic nitrogens is 2. The Hall–Kier alpha value is -2.50. The highest BCUT2D eigenvalue weighted by atomic mass is 16.7. The van der Waals surface area contributed by atoms with Crippen LogP contribution in [0.4, 0.5) is 0 Å². The van der Waals surface area contributed by atoms with Gasteiger partial charge in [-0.25, -0.2) is 0 Å². The van der Waals surface area contributed by atoms with Crippen LogP contribution in [0.2, 0.25) is 0 Å². The van der Waals surface area contributed by atoms with E-state index < -0.39 is 11.1 Å². The van der Waals surface area contributed by atoms with Gasteiger partial charge in [-0.1, -0.05) is 24.8 Å². The van der Waals surface area contributed by atoms with E-state index in [2.05, 4.69) is 6.58 Å². The molecule has 6 heteroatoms. The summed E-state index contributed by atoms with van der Waals surface area (Å²) in [5.41, 5.74) is -0.654. The van der Waals surface area contributed by atoms with Gasteiger partial charge in [-0.2, -0.15) is 0 Å². The summed E-state index contributed by atoms with van der Waals surface area (Å²) in [6.45, 7) is 5.65. The van der Waals surface area contributed by atoms with Crippen molar-refractivity contribution in [3.05, 3.63) is 57.6 Å². The molecule has 0 radical (unpaired) electrons. The quantitative estimate of drug-likeness (QED) is 0.571. The predicted molar refractivity (Wildman–Crippen MR) is 71.2 cm³/mol. The minimum Gasteiger partial charge on any atom is -0.410 e. The van der Waals surface area contributed by atoms with Crippen LogP contribution in [0.5, 0.6) is 0 Å². The lowest BCUT2D eigenvalue weighted by Crippen LogP contribution is -2.45. The molecular weight excluding hydrogens is 248 g/mol. The predicted octanol–water partition coefficient (Wildman–Crippen LogP) is 0.226. The molecule has 2 rings (SSSR count). The van der Waals surface area contributed by atoms with Crippen LogP contribution < -0.4 is 20.8 Å². The average molecular weight is 262 g/mol. The highest BCUT2D eigenvalue weighted by molar-refractivity contribution is 5.74. The summed E-state index contributed by atoms with van der Waals surface area (Å²) in [6.07, 6.45) is 1.50. The van der Waals surface area contributed by atoms with Gasteiger partial charge in [0, 0.05) is 0 Å². The first-order valence-electron chi connectivity index (χ1n) is 5.85. The molecule has 0 aliphatic heterocycles. The summed E-state index contributed by atoms with van der Waals surface area (Å²) < 4.78 is 1.96. The Bertz CT molecular complexity index is 715. The minimum absolute atomic E-state index is 0.127. The van der Waals surface area contributed by atoms with Crippen LogP contribution in [0, 0.1) is 0 Å². The van der Waals surface area contributed by atoms with Crippen molar-refractivity contribution in [3.63, 3.8) is 0 Å². The Kier molecular flexibility index (Phi) is 3.70. The van der Waals surface area contributed by atoms with Gasteiger partial charge < -0.3 is 9.68 Å². The van der Waals surface area contributed by atoms with E-state index in [-0.39, 0.29) is 13.2 Å². The maximum absolute atomic E-state index is 12.0. The number of fused-ring (bicyclic) bond motifs is 1. The molecule has 100 valence electrons. The standard InChI is InChI=1S/C13H14N2O4/c1-3-9-19-15-11-8-6-5-7-10(11)14(18-4-2)12(16)13(15)17/h3,5-8H,1,4,9H2,2H3. The molecule has 6 nitrogen and oxygen atoms in total. The van der Waals surface area contributed by atoms with Gasteiger partial charge in [0.15, 0.2) is 0 Å². The van der Waals surface area contributed by atoms with Crippen molar-refractivity contribution in [1.82, 2.24) is 9.46 Å². The molecule has 1 aromatic carbocycles. The Morgan fingerprint density at radius 2 is 1.63 bits per heavy atom. The normalized spacial score (nSPS) is 10.4. The van der Waals surface area contributed by atoms with E-state index in [1.807, 2.05) is 0 Å². The summed E-state index contributed by atoms with van der Waals surface area (Å²) in [5.74, 6) is 0. The van der Waals surface area contributed by atoms with Gasteiger partial charge in [0.05, 0.1) is 0 Å². The molecule has 19 heavy (non-hydrogen) atoms. The summed E-state index contributed by atoms with van der Waals surface area (Å²) >= 11 is 0. The van der Waals surface area contributed by atoms with Crippen LogP contribution in [0.3, 0.4) is 0 Å². The van der Waals surface area contributed by atoms with E-state index in [1.54, 1.807) is 31.2 Å². The van der Waals surface area contributed by atoms with Crippen LogP contribution >= 0.6 is 0 Å². The second-order valence-electron chi connectivity index (χ2n) is 3.69. The third-order valence-electron chi connectivity index (χ3n) is 2.45. The van der Waals surface area contributed by atoms with Gasteiger partial charge in [0.2, 0.25) is 0 Å². The summed E-state index contributed by atoms with van der Waals surface area (Å²) in [6, 6.07) is 6.85. The van der Waals surface area contributed by atoms with Crippen molar-refractivity contribution in [2.24, 2.45) is 0 Å². The van der Waals surface area contributed by atoms with E-state index in [1.165, 1.54) is 6.08 Å². The molecular formula is C13H14N2O4. The molecule has 0 amide bonds. The monoisotopic (exact) mass is 262 g/mol. The molecule has 0 atom stereocenters. The molecule has 0 N–H and O–H groups in total. The van der Waals surface area contributed by atoms with Crippen molar-refractivity contribution in [2.75, 3.05) is 13.2 Å². The Labute approximate surface area is 109 Å². The molecule has 0 saturated heterocycles. The highest BCUT2D eigenvalue weighted by Gasteiger charge is 2.14. The molecule has 0 aliphatic rings. The van der Waals surface area contributed by atoms with Crippen LogP contribution in [-0.4, -0.2) is 22.7 Å². The van der Waals surface area contributed by atoms with Crippen LogP contribution in [0.25, 0.3) is 11.0 Å². The van der Waals surface area contributed by atoms with Gasteiger partial charge in [-0.3, -0.25) is 9.59 Å². The second kappa shape index (κ2) is 5.43. The third kappa shape index (κ3) is 2.24. The van der Waals surface area contributed by atoms with E-state index >= 15 is 0 Å². The highest BCUT2D eigenvalue weighted by Crippen LogP contribution is 2.08. The zero-order valence-corrected chi connectivity index (χ0v) is 10.5. The van der Waals surface area contributed by atoms with Crippen molar-refractivity contribution in [2.45, 2.75) is 6.92 Å². The maximum atomic E-state index is 12.0. The molecule has 0 fully saturated rings. The molecule has 2 aromatic rings. The van der Waals surface area contributed by atoms with E-state index in [9.17, 15) is 9.59 Å². The molecule has 1 aromatic heterocycles. The first-order chi connectivity index (χ1) is 9.20. The smallest absolute Gasteiger partial charge is 0.352 e. The van der Waals surface area contributed by atoms with Crippen molar-refractivity contribution in [3.8, 4) is 0 Å². The zero-order chi connectivity index (χ0) is 13.8. The van der Waals surface area contributed by atoms with Crippen molar-refractivity contribution >= 4 is 11.0 Å². The Morgan fingerprint density at radius 3 is 2.11 bits per heavy atom. The van der Waals surface area contributed by atoms with Gasteiger partial charge in [-0.15, -0.1) is 9.46 Å². The molecule has 0 spiro atoms. The number of para-hydroxylation sites is 2. The lowest BCUT2D eigenvalue weighted by atomic mass is 10.3. The number of nitrogens with zero attached hydrogens (tertiary/aromatic N) is 2. The first-order valence-corrected chi connectivity index (χ1v) is 5.85. The largest absolute Gasteiger partial charge is 0.410 e. The molecule has 0 aliphatic carbocycles.